The summed E-state index contributed by atoms with van der Waals surface area (Å²) < 4.78 is 5.88. The summed E-state index contributed by atoms with van der Waals surface area (Å²) in [5, 5.41) is 0. The van der Waals surface area contributed by atoms with Crippen LogP contribution in [0.5, 0.6) is 5.75 Å². The van der Waals surface area contributed by atoms with E-state index in [0.29, 0.717) is 22.7 Å². The minimum Gasteiger partial charge on any atom is -0.496 e. The maximum Gasteiger partial charge on any atom is 0.253 e. The molecule has 19 heavy (non-hydrogen) atoms. The second-order valence-electron chi connectivity index (χ2n) is 4.28. The first-order valence-electron chi connectivity index (χ1n) is 5.75. The number of hydrogen-bond acceptors (Lipinski definition) is 3. The average Bonchev–Trinajstić information content (AvgIpc) is 2.36. The summed E-state index contributed by atoms with van der Waals surface area (Å²) in [6.45, 7) is 1.91. The predicted molar refractivity (Wildman–Crippen MR) is 83.7 cm³/mol. The topological polar surface area (TPSA) is 55.6 Å². The van der Waals surface area contributed by atoms with Crippen LogP contribution in [0, 0.1) is 0 Å². The molecule has 104 valence electrons. The van der Waals surface area contributed by atoms with Crippen molar-refractivity contribution in [2.45, 2.75) is 19.4 Å². The largest absolute Gasteiger partial charge is 0.496 e. The van der Waals surface area contributed by atoms with E-state index in [0.717, 1.165) is 4.47 Å². The lowest BCUT2D eigenvalue weighted by molar-refractivity contribution is 0.0748. The molecule has 0 radical (unpaired) electrons. The zero-order valence-electron chi connectivity index (χ0n) is 11.1. The van der Waals surface area contributed by atoms with Crippen molar-refractivity contribution in [3.8, 4) is 5.75 Å². The van der Waals surface area contributed by atoms with Gasteiger partial charge in [-0.2, -0.15) is 0 Å². The molecule has 1 rings (SSSR count). The Hall–Kier alpha value is -1.14. The second-order valence-corrected chi connectivity index (χ2v) is 5.66. The van der Waals surface area contributed by atoms with Crippen LogP contribution in [0.25, 0.3) is 0 Å². The number of amides is 1. The SMILES string of the molecule is COc1ccc(C(=O)N(C)C(C)CC(N)=S)cc1Br. The Kier molecular flexibility index (Phi) is 5.75. The molecule has 0 saturated heterocycles. The van der Waals surface area contributed by atoms with Crippen LogP contribution in [0.4, 0.5) is 0 Å². The van der Waals surface area contributed by atoms with Gasteiger partial charge in [0.15, 0.2) is 0 Å². The quantitative estimate of drug-likeness (QED) is 0.834. The van der Waals surface area contributed by atoms with Gasteiger partial charge in [0, 0.05) is 25.1 Å². The number of ether oxygens (including phenoxy) is 1. The highest BCUT2D eigenvalue weighted by Crippen LogP contribution is 2.26. The van der Waals surface area contributed by atoms with E-state index in [4.69, 9.17) is 22.7 Å². The maximum atomic E-state index is 12.3. The molecule has 1 aromatic rings. The van der Waals surface area contributed by atoms with E-state index < -0.39 is 0 Å². The van der Waals surface area contributed by atoms with E-state index in [-0.39, 0.29) is 11.9 Å². The number of thiocarbonyl (C=S) groups is 1. The number of benzene rings is 1. The molecule has 6 heteroatoms. The van der Waals surface area contributed by atoms with Gasteiger partial charge in [-0.05, 0) is 41.1 Å². The third-order valence-electron chi connectivity index (χ3n) is 2.88. The van der Waals surface area contributed by atoms with Gasteiger partial charge < -0.3 is 15.4 Å². The van der Waals surface area contributed by atoms with Crippen molar-refractivity contribution in [1.29, 1.82) is 0 Å². The molecule has 0 aromatic heterocycles. The van der Waals surface area contributed by atoms with Crippen LogP contribution < -0.4 is 10.5 Å². The van der Waals surface area contributed by atoms with Gasteiger partial charge in [-0.25, -0.2) is 0 Å². The molecule has 0 bridgehead atoms. The van der Waals surface area contributed by atoms with Crippen LogP contribution in [0.1, 0.15) is 23.7 Å². The average molecular weight is 345 g/mol. The normalized spacial score (nSPS) is 11.8. The standard InChI is InChI=1S/C13H17BrN2O2S/c1-8(6-12(15)19)16(2)13(17)9-4-5-11(18-3)10(14)7-9/h4-5,7-8H,6H2,1-3H3,(H2,15,19). The lowest BCUT2D eigenvalue weighted by Gasteiger charge is -2.24. The Morgan fingerprint density at radius 2 is 2.21 bits per heavy atom. The number of nitrogens with two attached hydrogens (primary N) is 1. The molecule has 0 aliphatic rings. The molecule has 1 atom stereocenters. The van der Waals surface area contributed by atoms with E-state index in [1.165, 1.54) is 0 Å². The third kappa shape index (κ3) is 4.18. The second kappa shape index (κ2) is 6.86. The first-order chi connectivity index (χ1) is 8.86. The Morgan fingerprint density at radius 1 is 1.58 bits per heavy atom. The Morgan fingerprint density at radius 3 is 2.68 bits per heavy atom. The van der Waals surface area contributed by atoms with Gasteiger partial charge in [-0.1, -0.05) is 12.2 Å². The summed E-state index contributed by atoms with van der Waals surface area (Å²) in [5.41, 5.74) is 6.09. The van der Waals surface area contributed by atoms with E-state index >= 15 is 0 Å². The molecule has 0 heterocycles. The Balaban J connectivity index is 2.88. The van der Waals surface area contributed by atoms with Gasteiger partial charge in [0.2, 0.25) is 0 Å². The molecule has 2 N–H and O–H groups in total. The molecule has 1 unspecified atom stereocenters. The van der Waals surface area contributed by atoms with E-state index in [2.05, 4.69) is 15.9 Å². The van der Waals surface area contributed by atoms with Crippen LogP contribution in [-0.2, 0) is 0 Å². The van der Waals surface area contributed by atoms with Crippen LogP contribution in [0.2, 0.25) is 0 Å². The lowest BCUT2D eigenvalue weighted by atomic mass is 10.1. The minimum atomic E-state index is -0.0768. The number of methoxy groups -OCH3 is 1. The summed E-state index contributed by atoms with van der Waals surface area (Å²) in [7, 11) is 3.32. The minimum absolute atomic E-state index is 0.0362. The summed E-state index contributed by atoms with van der Waals surface area (Å²) in [6.07, 6.45) is 0.509. The molecule has 4 nitrogen and oxygen atoms in total. The summed E-state index contributed by atoms with van der Waals surface area (Å²) >= 11 is 8.23. The first-order valence-corrected chi connectivity index (χ1v) is 6.96. The highest BCUT2D eigenvalue weighted by Gasteiger charge is 2.18. The molecule has 1 amide bonds. The van der Waals surface area contributed by atoms with Crippen LogP contribution in [0.3, 0.4) is 0 Å². The Bertz CT molecular complexity index is 494. The fourth-order valence-corrected chi connectivity index (χ4v) is 2.41. The van der Waals surface area contributed by atoms with Crippen molar-refractivity contribution >= 4 is 39.0 Å². The number of carbonyl (C=O) groups excluding carboxylic acids is 1. The molecule has 0 aliphatic heterocycles. The van der Waals surface area contributed by atoms with Gasteiger partial charge in [0.05, 0.1) is 16.6 Å². The number of nitrogens with zero attached hydrogens (tertiary/aromatic N) is 1. The highest BCUT2D eigenvalue weighted by molar-refractivity contribution is 9.10. The molecule has 1 aromatic carbocycles. The summed E-state index contributed by atoms with van der Waals surface area (Å²) in [4.78, 5) is 14.3. The van der Waals surface area contributed by atoms with E-state index in [1.807, 2.05) is 6.92 Å². The summed E-state index contributed by atoms with van der Waals surface area (Å²) in [5.74, 6) is 0.613. The molecule has 0 saturated carbocycles. The van der Waals surface area contributed by atoms with Crippen LogP contribution in [0.15, 0.2) is 22.7 Å². The molecule has 0 fully saturated rings. The predicted octanol–water partition coefficient (Wildman–Crippen LogP) is 2.59. The molecular weight excluding hydrogens is 328 g/mol. The van der Waals surface area contributed by atoms with Crippen molar-refractivity contribution in [2.24, 2.45) is 5.73 Å². The maximum absolute atomic E-state index is 12.3. The van der Waals surface area contributed by atoms with Crippen molar-refractivity contribution < 1.29 is 9.53 Å². The van der Waals surface area contributed by atoms with Gasteiger partial charge in [0.1, 0.15) is 5.75 Å². The fraction of sp³-hybridized carbons (Fsp3) is 0.385. The van der Waals surface area contributed by atoms with Gasteiger partial charge in [0.25, 0.3) is 5.91 Å². The number of hydrogen-bond donors (Lipinski definition) is 1. The number of carbonyl (C=O) groups is 1. The van der Waals surface area contributed by atoms with Crippen LogP contribution >= 0.6 is 28.1 Å². The van der Waals surface area contributed by atoms with Gasteiger partial charge in [-0.15, -0.1) is 0 Å². The monoisotopic (exact) mass is 344 g/mol. The third-order valence-corrected chi connectivity index (χ3v) is 3.66. The molecule has 0 aliphatic carbocycles. The fourth-order valence-electron chi connectivity index (χ4n) is 1.63. The van der Waals surface area contributed by atoms with Crippen molar-refractivity contribution in [3.05, 3.63) is 28.2 Å². The van der Waals surface area contributed by atoms with E-state index in [1.54, 1.807) is 37.3 Å². The number of halogens is 1. The van der Waals surface area contributed by atoms with Crippen molar-refractivity contribution in [3.63, 3.8) is 0 Å². The lowest BCUT2D eigenvalue weighted by Crippen LogP contribution is -2.37. The smallest absolute Gasteiger partial charge is 0.253 e. The molecule has 0 spiro atoms. The van der Waals surface area contributed by atoms with Crippen LogP contribution in [-0.4, -0.2) is 36.0 Å². The zero-order chi connectivity index (χ0) is 14.6. The zero-order valence-corrected chi connectivity index (χ0v) is 13.5. The Labute approximate surface area is 127 Å². The highest BCUT2D eigenvalue weighted by atomic mass is 79.9. The van der Waals surface area contributed by atoms with Crippen molar-refractivity contribution in [1.82, 2.24) is 4.90 Å². The summed E-state index contributed by atoms with van der Waals surface area (Å²) in [6, 6.07) is 5.19. The van der Waals surface area contributed by atoms with Gasteiger partial charge >= 0.3 is 0 Å². The van der Waals surface area contributed by atoms with Gasteiger partial charge in [-0.3, -0.25) is 4.79 Å². The van der Waals surface area contributed by atoms with Crippen molar-refractivity contribution in [2.75, 3.05) is 14.2 Å². The molecular formula is C13H17BrN2O2S. The first kappa shape index (κ1) is 15.9. The number of rotatable bonds is 5. The van der Waals surface area contributed by atoms with E-state index in [9.17, 15) is 4.79 Å².